The quantitative estimate of drug-likeness (QED) is 0.514. The normalized spacial score (nSPS) is 22.6. The minimum Gasteiger partial charge on any atom is -0.491 e. The highest BCUT2D eigenvalue weighted by molar-refractivity contribution is 6.09. The molecule has 6 heteroatoms. The predicted molar refractivity (Wildman–Crippen MR) is 102 cm³/mol. The van der Waals surface area contributed by atoms with E-state index in [2.05, 4.69) is 0 Å². The summed E-state index contributed by atoms with van der Waals surface area (Å²) in [5.74, 6) is 0.821. The fourth-order valence-electron chi connectivity index (χ4n) is 2.96. The van der Waals surface area contributed by atoms with Gasteiger partial charge in [-0.3, -0.25) is 4.79 Å². The summed E-state index contributed by atoms with van der Waals surface area (Å²) in [6.07, 6.45) is 0.116. The number of ether oxygens (including phenoxy) is 5. The van der Waals surface area contributed by atoms with E-state index in [1.54, 1.807) is 48.5 Å². The second-order valence-corrected chi connectivity index (χ2v) is 7.41. The van der Waals surface area contributed by atoms with Crippen molar-refractivity contribution in [1.29, 1.82) is 0 Å². The van der Waals surface area contributed by atoms with Gasteiger partial charge in [0.25, 0.3) is 0 Å². The maximum absolute atomic E-state index is 12.6. The molecule has 0 bridgehead atoms. The number of rotatable bonds is 8. The lowest BCUT2D eigenvalue weighted by molar-refractivity contribution is -0.141. The van der Waals surface area contributed by atoms with Crippen molar-refractivity contribution >= 4 is 5.78 Å². The Morgan fingerprint density at radius 3 is 1.82 bits per heavy atom. The summed E-state index contributed by atoms with van der Waals surface area (Å²) in [6.45, 7) is 5.99. The topological polar surface area (TPSA) is 66.5 Å². The molecule has 0 amide bonds. The lowest BCUT2D eigenvalue weighted by Gasteiger charge is -2.17. The summed E-state index contributed by atoms with van der Waals surface area (Å²) in [5.41, 5.74) is 1.22. The minimum absolute atomic E-state index is 0.0436. The first-order chi connectivity index (χ1) is 13.5. The van der Waals surface area contributed by atoms with E-state index in [1.807, 2.05) is 13.8 Å². The van der Waals surface area contributed by atoms with Crippen LogP contribution in [0.2, 0.25) is 0 Å². The van der Waals surface area contributed by atoms with Crippen molar-refractivity contribution in [2.75, 3.05) is 26.4 Å². The molecule has 2 aromatic carbocycles. The van der Waals surface area contributed by atoms with Crippen LogP contribution in [0.5, 0.6) is 11.5 Å². The lowest BCUT2D eigenvalue weighted by Crippen LogP contribution is -2.25. The Morgan fingerprint density at radius 2 is 1.39 bits per heavy atom. The fourth-order valence-corrected chi connectivity index (χ4v) is 2.96. The standard InChI is InChI=1S/C22H24O6/c1-22(2)27-14-20(28-22)13-25-18-9-5-16(6-10-18)21(23)15-3-7-17(8-4-15)24-11-19-12-26-19/h3-10,19-20H,11-14H2,1-2H3/t19-,20-/m0/s1. The van der Waals surface area contributed by atoms with E-state index in [-0.39, 0.29) is 18.0 Å². The molecule has 4 rings (SSSR count). The van der Waals surface area contributed by atoms with Gasteiger partial charge in [0.15, 0.2) is 11.6 Å². The largest absolute Gasteiger partial charge is 0.491 e. The van der Waals surface area contributed by atoms with Crippen LogP contribution in [-0.4, -0.2) is 50.2 Å². The third kappa shape index (κ3) is 4.90. The molecule has 6 nitrogen and oxygen atoms in total. The number of carbonyl (C=O) groups excluding carboxylic acids is 1. The van der Waals surface area contributed by atoms with Gasteiger partial charge in [0, 0.05) is 11.1 Å². The SMILES string of the molecule is CC1(C)OC[C@H](COc2ccc(C(=O)c3ccc(OC[C@H]4CO4)cc3)cc2)O1. The molecule has 2 aliphatic rings. The van der Waals surface area contributed by atoms with E-state index >= 15 is 0 Å². The first-order valence-electron chi connectivity index (χ1n) is 9.42. The summed E-state index contributed by atoms with van der Waals surface area (Å²) in [4.78, 5) is 12.6. The predicted octanol–water partition coefficient (Wildman–Crippen LogP) is 3.23. The van der Waals surface area contributed by atoms with Crippen LogP contribution in [0.1, 0.15) is 29.8 Å². The van der Waals surface area contributed by atoms with Gasteiger partial charge in [0.1, 0.15) is 36.9 Å². The van der Waals surface area contributed by atoms with Crippen molar-refractivity contribution in [2.24, 2.45) is 0 Å². The molecule has 0 spiro atoms. The molecule has 2 aliphatic heterocycles. The molecular weight excluding hydrogens is 360 g/mol. The fraction of sp³-hybridized carbons (Fsp3) is 0.409. The smallest absolute Gasteiger partial charge is 0.193 e. The maximum Gasteiger partial charge on any atom is 0.193 e. The molecule has 2 atom stereocenters. The van der Waals surface area contributed by atoms with Crippen LogP contribution in [0.4, 0.5) is 0 Å². The Balaban J connectivity index is 1.30. The molecule has 148 valence electrons. The zero-order valence-corrected chi connectivity index (χ0v) is 16.1. The van der Waals surface area contributed by atoms with Crippen LogP contribution in [-0.2, 0) is 14.2 Å². The summed E-state index contributed by atoms with van der Waals surface area (Å²) in [7, 11) is 0. The molecule has 0 unspecified atom stereocenters. The summed E-state index contributed by atoms with van der Waals surface area (Å²) in [6, 6.07) is 14.3. The van der Waals surface area contributed by atoms with Crippen LogP contribution in [0.25, 0.3) is 0 Å². The van der Waals surface area contributed by atoms with E-state index in [1.165, 1.54) is 0 Å². The molecule has 0 N–H and O–H groups in total. The van der Waals surface area contributed by atoms with Crippen molar-refractivity contribution < 1.29 is 28.5 Å². The van der Waals surface area contributed by atoms with E-state index in [9.17, 15) is 4.79 Å². The van der Waals surface area contributed by atoms with Gasteiger partial charge in [-0.25, -0.2) is 0 Å². The zero-order chi connectivity index (χ0) is 19.6. The molecular formula is C22H24O6. The Kier molecular flexibility index (Phi) is 5.35. The van der Waals surface area contributed by atoms with Crippen LogP contribution in [0, 0.1) is 0 Å². The molecule has 0 saturated carbocycles. The van der Waals surface area contributed by atoms with Crippen LogP contribution in [0.15, 0.2) is 48.5 Å². The third-order valence-corrected chi connectivity index (χ3v) is 4.57. The molecule has 28 heavy (non-hydrogen) atoms. The maximum atomic E-state index is 12.6. The molecule has 2 heterocycles. The van der Waals surface area contributed by atoms with Crippen molar-refractivity contribution in [3.8, 4) is 11.5 Å². The van der Waals surface area contributed by atoms with Gasteiger partial charge < -0.3 is 23.7 Å². The zero-order valence-electron chi connectivity index (χ0n) is 16.1. The summed E-state index contributed by atoms with van der Waals surface area (Å²) < 4.78 is 27.7. The number of ketones is 1. The summed E-state index contributed by atoms with van der Waals surface area (Å²) in [5, 5.41) is 0. The number of benzene rings is 2. The number of hydrogen-bond acceptors (Lipinski definition) is 6. The second-order valence-electron chi connectivity index (χ2n) is 7.41. The average molecular weight is 384 g/mol. The molecule has 0 aliphatic carbocycles. The van der Waals surface area contributed by atoms with Crippen molar-refractivity contribution in [1.82, 2.24) is 0 Å². The van der Waals surface area contributed by atoms with Gasteiger partial charge >= 0.3 is 0 Å². The first-order valence-corrected chi connectivity index (χ1v) is 9.42. The Labute approximate surface area is 164 Å². The second kappa shape index (κ2) is 7.91. The van der Waals surface area contributed by atoms with Crippen molar-refractivity contribution in [2.45, 2.75) is 31.8 Å². The number of carbonyl (C=O) groups is 1. The van der Waals surface area contributed by atoms with E-state index in [4.69, 9.17) is 23.7 Å². The van der Waals surface area contributed by atoms with Gasteiger partial charge in [-0.2, -0.15) is 0 Å². The highest BCUT2D eigenvalue weighted by atomic mass is 16.7. The Morgan fingerprint density at radius 1 is 0.893 bits per heavy atom. The monoisotopic (exact) mass is 384 g/mol. The highest BCUT2D eigenvalue weighted by Crippen LogP contribution is 2.24. The number of hydrogen-bond donors (Lipinski definition) is 0. The van der Waals surface area contributed by atoms with Crippen LogP contribution >= 0.6 is 0 Å². The Bertz CT molecular complexity index is 808. The Hall–Kier alpha value is -2.41. The van der Waals surface area contributed by atoms with Gasteiger partial charge in [-0.15, -0.1) is 0 Å². The molecule has 0 radical (unpaired) electrons. The van der Waals surface area contributed by atoms with Gasteiger partial charge in [0.2, 0.25) is 0 Å². The molecule has 2 fully saturated rings. The van der Waals surface area contributed by atoms with Crippen LogP contribution < -0.4 is 9.47 Å². The highest BCUT2D eigenvalue weighted by Gasteiger charge is 2.33. The number of epoxide rings is 1. The molecule has 2 aromatic rings. The molecule has 0 aromatic heterocycles. The minimum atomic E-state index is -0.559. The van der Waals surface area contributed by atoms with E-state index in [0.29, 0.717) is 36.7 Å². The van der Waals surface area contributed by atoms with Gasteiger partial charge in [-0.05, 0) is 62.4 Å². The van der Waals surface area contributed by atoms with E-state index < -0.39 is 5.79 Å². The third-order valence-electron chi connectivity index (χ3n) is 4.57. The average Bonchev–Trinajstić information content (AvgIpc) is 3.47. The van der Waals surface area contributed by atoms with Gasteiger partial charge in [-0.1, -0.05) is 0 Å². The van der Waals surface area contributed by atoms with Crippen molar-refractivity contribution in [3.05, 3.63) is 59.7 Å². The van der Waals surface area contributed by atoms with Gasteiger partial charge in [0.05, 0.1) is 13.2 Å². The van der Waals surface area contributed by atoms with E-state index in [0.717, 1.165) is 12.4 Å². The van der Waals surface area contributed by atoms with Crippen LogP contribution in [0.3, 0.4) is 0 Å². The molecule has 2 saturated heterocycles. The first kappa shape index (κ1) is 18.9. The van der Waals surface area contributed by atoms with Crippen molar-refractivity contribution in [3.63, 3.8) is 0 Å². The lowest BCUT2D eigenvalue weighted by atomic mass is 10.0. The summed E-state index contributed by atoms with van der Waals surface area (Å²) >= 11 is 0.